The standard InChI is InChI=1S/C12H7ClN2O/c13-12-9-5-2-1-4-8(9)11(14-15-12)10-6-3-7-16-10/h1-7H. The van der Waals surface area contributed by atoms with Gasteiger partial charge in [0, 0.05) is 10.8 Å². The van der Waals surface area contributed by atoms with E-state index in [0.29, 0.717) is 16.6 Å². The lowest BCUT2D eigenvalue weighted by Gasteiger charge is -2.02. The summed E-state index contributed by atoms with van der Waals surface area (Å²) in [6.07, 6.45) is 1.61. The second kappa shape index (κ2) is 3.61. The molecule has 0 bridgehead atoms. The molecule has 0 fully saturated rings. The van der Waals surface area contributed by atoms with Gasteiger partial charge in [0.15, 0.2) is 10.9 Å². The fourth-order valence-corrected chi connectivity index (χ4v) is 1.87. The quantitative estimate of drug-likeness (QED) is 0.642. The molecule has 3 aromatic rings. The molecule has 78 valence electrons. The second-order valence-corrected chi connectivity index (χ2v) is 3.72. The first-order chi connectivity index (χ1) is 7.86. The van der Waals surface area contributed by atoms with Crippen molar-refractivity contribution in [3.05, 3.63) is 47.8 Å². The van der Waals surface area contributed by atoms with Crippen LogP contribution in [0.3, 0.4) is 0 Å². The lowest BCUT2D eigenvalue weighted by Crippen LogP contribution is -1.90. The van der Waals surface area contributed by atoms with Gasteiger partial charge in [-0.2, -0.15) is 0 Å². The summed E-state index contributed by atoms with van der Waals surface area (Å²) in [5, 5.41) is 10.2. The smallest absolute Gasteiger partial charge is 0.159 e. The van der Waals surface area contributed by atoms with Crippen molar-refractivity contribution in [3.63, 3.8) is 0 Å². The maximum absolute atomic E-state index is 5.99. The van der Waals surface area contributed by atoms with Crippen molar-refractivity contribution in [2.45, 2.75) is 0 Å². The summed E-state index contributed by atoms with van der Waals surface area (Å²) in [5.74, 6) is 0.695. The van der Waals surface area contributed by atoms with Crippen molar-refractivity contribution in [1.29, 1.82) is 0 Å². The fraction of sp³-hybridized carbons (Fsp3) is 0. The average Bonchev–Trinajstić information content (AvgIpc) is 2.83. The van der Waals surface area contributed by atoms with E-state index in [0.717, 1.165) is 10.8 Å². The van der Waals surface area contributed by atoms with Crippen molar-refractivity contribution >= 4 is 22.4 Å². The fourth-order valence-electron chi connectivity index (χ4n) is 1.67. The van der Waals surface area contributed by atoms with Gasteiger partial charge >= 0.3 is 0 Å². The van der Waals surface area contributed by atoms with Crippen LogP contribution in [-0.4, -0.2) is 10.2 Å². The molecule has 0 atom stereocenters. The average molecular weight is 231 g/mol. The molecule has 0 spiro atoms. The Labute approximate surface area is 96.7 Å². The SMILES string of the molecule is Clc1nnc(-c2ccco2)c2ccccc12. The first-order valence-electron chi connectivity index (χ1n) is 4.81. The third-order valence-electron chi connectivity index (χ3n) is 2.40. The first kappa shape index (κ1) is 9.36. The highest BCUT2D eigenvalue weighted by Gasteiger charge is 2.10. The van der Waals surface area contributed by atoms with Gasteiger partial charge in [-0.15, -0.1) is 10.2 Å². The summed E-state index contributed by atoms with van der Waals surface area (Å²) >= 11 is 5.99. The van der Waals surface area contributed by atoms with Crippen molar-refractivity contribution < 1.29 is 4.42 Å². The summed E-state index contributed by atoms with van der Waals surface area (Å²) < 4.78 is 5.32. The number of benzene rings is 1. The van der Waals surface area contributed by atoms with E-state index >= 15 is 0 Å². The summed E-state index contributed by atoms with van der Waals surface area (Å²) in [6, 6.07) is 11.4. The Morgan fingerprint density at radius 2 is 1.75 bits per heavy atom. The van der Waals surface area contributed by atoms with Crippen LogP contribution >= 0.6 is 11.6 Å². The zero-order valence-corrected chi connectivity index (χ0v) is 8.98. The predicted molar refractivity (Wildman–Crippen MR) is 62.3 cm³/mol. The van der Waals surface area contributed by atoms with Crippen LogP contribution in [-0.2, 0) is 0 Å². The molecule has 0 amide bonds. The third kappa shape index (κ3) is 1.37. The van der Waals surface area contributed by atoms with Crippen LogP contribution in [0, 0.1) is 0 Å². The molecule has 1 aromatic carbocycles. The largest absolute Gasteiger partial charge is 0.463 e. The number of hydrogen-bond acceptors (Lipinski definition) is 3. The van der Waals surface area contributed by atoms with E-state index in [-0.39, 0.29) is 0 Å². The second-order valence-electron chi connectivity index (χ2n) is 3.36. The molecule has 0 saturated heterocycles. The molecule has 0 N–H and O–H groups in total. The molecule has 0 aliphatic heterocycles. The van der Waals surface area contributed by atoms with Crippen molar-refractivity contribution in [1.82, 2.24) is 10.2 Å². The number of hydrogen-bond donors (Lipinski definition) is 0. The van der Waals surface area contributed by atoms with E-state index in [1.165, 1.54) is 0 Å². The minimum atomic E-state index is 0.408. The first-order valence-corrected chi connectivity index (χ1v) is 5.19. The molecule has 0 radical (unpaired) electrons. The van der Waals surface area contributed by atoms with Crippen molar-refractivity contribution in [2.75, 3.05) is 0 Å². The van der Waals surface area contributed by atoms with Crippen LogP contribution in [0.15, 0.2) is 47.1 Å². The van der Waals surface area contributed by atoms with Gasteiger partial charge in [-0.25, -0.2) is 0 Å². The molecule has 0 aliphatic rings. The van der Waals surface area contributed by atoms with Crippen LogP contribution in [0.2, 0.25) is 5.15 Å². The zero-order chi connectivity index (χ0) is 11.0. The van der Waals surface area contributed by atoms with Gasteiger partial charge in [-0.3, -0.25) is 0 Å². The van der Waals surface area contributed by atoms with Gasteiger partial charge in [-0.1, -0.05) is 35.9 Å². The highest BCUT2D eigenvalue weighted by Crippen LogP contribution is 2.29. The Morgan fingerprint density at radius 1 is 0.938 bits per heavy atom. The van der Waals surface area contributed by atoms with Gasteiger partial charge in [-0.05, 0) is 12.1 Å². The van der Waals surface area contributed by atoms with Crippen LogP contribution in [0.5, 0.6) is 0 Å². The van der Waals surface area contributed by atoms with E-state index in [1.54, 1.807) is 6.26 Å². The topological polar surface area (TPSA) is 38.9 Å². The van der Waals surface area contributed by atoms with Crippen molar-refractivity contribution in [2.24, 2.45) is 0 Å². The van der Waals surface area contributed by atoms with E-state index in [9.17, 15) is 0 Å². The maximum atomic E-state index is 5.99. The Morgan fingerprint density at radius 3 is 2.50 bits per heavy atom. The van der Waals surface area contributed by atoms with Gasteiger partial charge in [0.1, 0.15) is 5.69 Å². The minimum absolute atomic E-state index is 0.408. The van der Waals surface area contributed by atoms with Crippen LogP contribution in [0.1, 0.15) is 0 Å². The molecule has 4 heteroatoms. The predicted octanol–water partition coefficient (Wildman–Crippen LogP) is 3.54. The molecular weight excluding hydrogens is 224 g/mol. The van der Waals surface area contributed by atoms with Crippen LogP contribution < -0.4 is 0 Å². The number of rotatable bonds is 1. The molecule has 0 aliphatic carbocycles. The lowest BCUT2D eigenvalue weighted by atomic mass is 10.1. The van der Waals surface area contributed by atoms with Crippen LogP contribution in [0.25, 0.3) is 22.2 Å². The van der Waals surface area contributed by atoms with E-state index in [4.69, 9.17) is 16.0 Å². The molecule has 16 heavy (non-hydrogen) atoms. The Hall–Kier alpha value is -1.87. The molecule has 0 saturated carbocycles. The van der Waals surface area contributed by atoms with Gasteiger partial charge < -0.3 is 4.42 Å². The number of fused-ring (bicyclic) bond motifs is 1. The summed E-state index contributed by atoms with van der Waals surface area (Å²) in [6.45, 7) is 0. The minimum Gasteiger partial charge on any atom is -0.463 e. The summed E-state index contributed by atoms with van der Waals surface area (Å²) in [5.41, 5.74) is 0.713. The molecule has 3 nitrogen and oxygen atoms in total. The van der Waals surface area contributed by atoms with E-state index < -0.39 is 0 Å². The number of aromatic nitrogens is 2. The normalized spacial score (nSPS) is 10.8. The van der Waals surface area contributed by atoms with E-state index in [2.05, 4.69) is 10.2 Å². The Kier molecular flexibility index (Phi) is 2.11. The molecule has 0 unspecified atom stereocenters. The number of nitrogens with zero attached hydrogens (tertiary/aromatic N) is 2. The monoisotopic (exact) mass is 230 g/mol. The number of furan rings is 1. The number of halogens is 1. The van der Waals surface area contributed by atoms with Gasteiger partial charge in [0.25, 0.3) is 0 Å². The molecule has 2 aromatic heterocycles. The van der Waals surface area contributed by atoms with E-state index in [1.807, 2.05) is 36.4 Å². The Bertz CT molecular complexity index is 635. The highest BCUT2D eigenvalue weighted by molar-refractivity contribution is 6.34. The van der Waals surface area contributed by atoms with Crippen LogP contribution in [0.4, 0.5) is 0 Å². The lowest BCUT2D eigenvalue weighted by molar-refractivity contribution is 0.579. The highest BCUT2D eigenvalue weighted by atomic mass is 35.5. The summed E-state index contributed by atoms with van der Waals surface area (Å²) in [4.78, 5) is 0. The Balaban J connectivity index is 2.39. The van der Waals surface area contributed by atoms with Gasteiger partial charge in [0.2, 0.25) is 0 Å². The molecular formula is C12H7ClN2O. The maximum Gasteiger partial charge on any atom is 0.159 e. The van der Waals surface area contributed by atoms with Gasteiger partial charge in [0.05, 0.1) is 6.26 Å². The molecule has 2 heterocycles. The third-order valence-corrected chi connectivity index (χ3v) is 2.68. The summed E-state index contributed by atoms with van der Waals surface area (Å²) in [7, 11) is 0. The molecule has 3 rings (SSSR count). The zero-order valence-electron chi connectivity index (χ0n) is 8.22. The van der Waals surface area contributed by atoms with Crippen molar-refractivity contribution in [3.8, 4) is 11.5 Å².